The summed E-state index contributed by atoms with van der Waals surface area (Å²) in [4.78, 5) is 7.78. The molecule has 1 aromatic heterocycles. The highest BCUT2D eigenvalue weighted by atomic mass is 32.2. The van der Waals surface area contributed by atoms with E-state index in [0.29, 0.717) is 11.5 Å². The number of benzene rings is 2. The van der Waals surface area contributed by atoms with Gasteiger partial charge in [-0.15, -0.1) is 0 Å². The van der Waals surface area contributed by atoms with Gasteiger partial charge in [-0.2, -0.15) is 18.2 Å². The summed E-state index contributed by atoms with van der Waals surface area (Å²) >= 11 is 1.14. The molecule has 0 aliphatic heterocycles. The molecule has 0 radical (unpaired) electrons. The van der Waals surface area contributed by atoms with Crippen molar-refractivity contribution in [3.63, 3.8) is 0 Å². The molecule has 2 aromatic carbocycles. The molecule has 0 aliphatic rings. The van der Waals surface area contributed by atoms with E-state index in [1.54, 1.807) is 12.1 Å². The summed E-state index contributed by atoms with van der Waals surface area (Å²) in [5, 5.41) is 0.0217. The number of hydrogen-bond donors (Lipinski definition) is 0. The van der Waals surface area contributed by atoms with E-state index in [0.717, 1.165) is 34.5 Å². The Hall–Kier alpha value is -2.54. The fourth-order valence-corrected chi connectivity index (χ4v) is 3.14. The van der Waals surface area contributed by atoms with Crippen LogP contribution in [0.1, 0.15) is 22.4 Å². The van der Waals surface area contributed by atoms with Gasteiger partial charge in [0.2, 0.25) is 5.88 Å². The molecule has 0 spiro atoms. The predicted molar refractivity (Wildman–Crippen MR) is 99.0 cm³/mol. The van der Waals surface area contributed by atoms with Gasteiger partial charge >= 0.3 is 6.18 Å². The molecule has 0 aliphatic carbocycles. The summed E-state index contributed by atoms with van der Waals surface area (Å²) in [5.41, 5.74) is 2.07. The molecule has 0 atom stereocenters. The van der Waals surface area contributed by atoms with Gasteiger partial charge in [0.15, 0.2) is 10.9 Å². The number of halogens is 3. The summed E-state index contributed by atoms with van der Waals surface area (Å²) in [6, 6.07) is 15.6. The third-order valence-electron chi connectivity index (χ3n) is 3.67. The molecule has 0 bridgehead atoms. The molecule has 0 saturated carbocycles. The first-order chi connectivity index (χ1) is 12.8. The number of aromatic nitrogens is 2. The van der Waals surface area contributed by atoms with E-state index in [4.69, 9.17) is 4.74 Å². The van der Waals surface area contributed by atoms with Crippen LogP contribution in [0.3, 0.4) is 0 Å². The van der Waals surface area contributed by atoms with Gasteiger partial charge < -0.3 is 4.74 Å². The molecular weight excluding hydrogens is 373 g/mol. The van der Waals surface area contributed by atoms with Crippen molar-refractivity contribution < 1.29 is 17.9 Å². The van der Waals surface area contributed by atoms with Crippen LogP contribution in [0, 0.1) is 13.8 Å². The lowest BCUT2D eigenvalue weighted by Crippen LogP contribution is -2.10. The quantitative estimate of drug-likeness (QED) is 0.384. The van der Waals surface area contributed by atoms with Crippen LogP contribution in [0.2, 0.25) is 0 Å². The van der Waals surface area contributed by atoms with E-state index in [2.05, 4.69) is 9.97 Å². The Morgan fingerprint density at radius 2 is 1.67 bits per heavy atom. The maximum absolute atomic E-state index is 13.2. The Balaban J connectivity index is 1.85. The fourth-order valence-electron chi connectivity index (χ4n) is 2.34. The minimum atomic E-state index is -4.58. The Kier molecular flexibility index (Phi) is 5.70. The number of alkyl halides is 3. The van der Waals surface area contributed by atoms with Crippen molar-refractivity contribution in [1.29, 1.82) is 0 Å². The van der Waals surface area contributed by atoms with Crippen molar-refractivity contribution in [3.8, 4) is 11.6 Å². The average molecular weight is 390 g/mol. The van der Waals surface area contributed by atoms with Gasteiger partial charge in [-0.3, -0.25) is 0 Å². The first kappa shape index (κ1) is 19.2. The van der Waals surface area contributed by atoms with Gasteiger partial charge in [0.1, 0.15) is 5.75 Å². The van der Waals surface area contributed by atoms with Gasteiger partial charge in [0.05, 0.1) is 0 Å². The van der Waals surface area contributed by atoms with E-state index in [-0.39, 0.29) is 11.0 Å². The van der Waals surface area contributed by atoms with Crippen LogP contribution in [0.15, 0.2) is 59.8 Å². The van der Waals surface area contributed by atoms with Gasteiger partial charge in [-0.1, -0.05) is 59.3 Å². The van der Waals surface area contributed by atoms with Gasteiger partial charge in [-0.05, 0) is 31.5 Å². The lowest BCUT2D eigenvalue weighted by molar-refractivity contribution is -0.141. The Bertz CT molecular complexity index is 927. The first-order valence-electron chi connectivity index (χ1n) is 8.19. The van der Waals surface area contributed by atoms with Crippen LogP contribution < -0.4 is 4.74 Å². The molecule has 0 N–H and O–H groups in total. The number of hydrogen-bond acceptors (Lipinski definition) is 4. The molecule has 27 heavy (non-hydrogen) atoms. The average Bonchev–Trinajstić information content (AvgIpc) is 2.61. The second-order valence-electron chi connectivity index (χ2n) is 6.06. The van der Waals surface area contributed by atoms with Crippen molar-refractivity contribution in [2.75, 3.05) is 0 Å². The van der Waals surface area contributed by atoms with Crippen LogP contribution in [0.4, 0.5) is 13.2 Å². The van der Waals surface area contributed by atoms with Crippen molar-refractivity contribution in [1.82, 2.24) is 9.97 Å². The summed E-state index contributed by atoms with van der Waals surface area (Å²) in [5.74, 6) is 0.752. The minimum Gasteiger partial charge on any atom is -0.439 e. The molecule has 0 unspecified atom stereocenters. The zero-order valence-corrected chi connectivity index (χ0v) is 15.6. The number of nitrogens with zero attached hydrogens (tertiary/aromatic N) is 2. The lowest BCUT2D eigenvalue weighted by Gasteiger charge is -2.11. The van der Waals surface area contributed by atoms with E-state index >= 15 is 0 Å². The number of ether oxygens (including phenoxy) is 1. The van der Waals surface area contributed by atoms with Crippen LogP contribution in [-0.4, -0.2) is 9.97 Å². The zero-order chi connectivity index (χ0) is 19.4. The lowest BCUT2D eigenvalue weighted by atomic mass is 10.2. The molecule has 1 heterocycles. The molecule has 3 nitrogen and oxygen atoms in total. The largest absolute Gasteiger partial charge is 0.439 e. The summed E-state index contributed by atoms with van der Waals surface area (Å²) in [6.45, 7) is 3.87. The van der Waals surface area contributed by atoms with Gasteiger partial charge in [0.25, 0.3) is 0 Å². The third kappa shape index (κ3) is 5.47. The van der Waals surface area contributed by atoms with Crippen LogP contribution in [-0.2, 0) is 11.9 Å². The maximum Gasteiger partial charge on any atom is 0.433 e. The number of thioether (sulfide) groups is 1. The molecular formula is C20H17F3N2OS. The number of aryl methyl sites for hydroxylation is 2. The van der Waals surface area contributed by atoms with Crippen LogP contribution >= 0.6 is 11.8 Å². The van der Waals surface area contributed by atoms with E-state index in [1.807, 2.05) is 50.2 Å². The first-order valence-corrected chi connectivity index (χ1v) is 9.17. The van der Waals surface area contributed by atoms with E-state index in [1.165, 1.54) is 0 Å². The monoisotopic (exact) mass is 390 g/mol. The topological polar surface area (TPSA) is 35.0 Å². The van der Waals surface area contributed by atoms with E-state index < -0.39 is 11.9 Å². The Morgan fingerprint density at radius 3 is 2.33 bits per heavy atom. The normalized spacial score (nSPS) is 11.4. The Labute approximate surface area is 159 Å². The van der Waals surface area contributed by atoms with E-state index in [9.17, 15) is 13.2 Å². The standard InChI is InChI=1S/C20H17F3N2OS/c1-13-6-8-16(9-7-13)26-18-11-17(20(21,22)23)24-19(25-18)27-12-15-5-3-4-14(2)10-15/h3-11H,12H2,1-2H3. The van der Waals surface area contributed by atoms with Crippen LogP contribution in [0.25, 0.3) is 0 Å². The third-order valence-corrected chi connectivity index (χ3v) is 4.58. The van der Waals surface area contributed by atoms with Crippen molar-refractivity contribution in [2.24, 2.45) is 0 Å². The highest BCUT2D eigenvalue weighted by Gasteiger charge is 2.34. The summed E-state index contributed by atoms with van der Waals surface area (Å²) in [6.07, 6.45) is -4.58. The smallest absolute Gasteiger partial charge is 0.433 e. The van der Waals surface area contributed by atoms with Gasteiger partial charge in [-0.25, -0.2) is 4.98 Å². The Morgan fingerprint density at radius 1 is 0.926 bits per heavy atom. The molecule has 3 aromatic rings. The predicted octanol–water partition coefficient (Wildman–Crippen LogP) is 6.20. The minimum absolute atomic E-state index is 0.0217. The maximum atomic E-state index is 13.2. The fraction of sp³-hybridized carbons (Fsp3) is 0.200. The molecule has 7 heteroatoms. The molecule has 3 rings (SSSR count). The zero-order valence-electron chi connectivity index (χ0n) is 14.7. The van der Waals surface area contributed by atoms with Crippen molar-refractivity contribution in [3.05, 3.63) is 77.0 Å². The van der Waals surface area contributed by atoms with Crippen molar-refractivity contribution in [2.45, 2.75) is 30.9 Å². The highest BCUT2D eigenvalue weighted by Crippen LogP contribution is 2.33. The highest BCUT2D eigenvalue weighted by molar-refractivity contribution is 7.98. The second-order valence-corrected chi connectivity index (χ2v) is 7.01. The molecule has 140 valence electrons. The summed E-state index contributed by atoms with van der Waals surface area (Å²) < 4.78 is 45.1. The molecule has 0 amide bonds. The van der Waals surface area contributed by atoms with Crippen LogP contribution in [0.5, 0.6) is 11.6 Å². The molecule has 0 fully saturated rings. The second kappa shape index (κ2) is 8.00. The summed E-state index contributed by atoms with van der Waals surface area (Å²) in [7, 11) is 0. The van der Waals surface area contributed by atoms with Gasteiger partial charge in [0, 0.05) is 11.8 Å². The SMILES string of the molecule is Cc1ccc(Oc2cc(C(F)(F)F)nc(SCc3cccc(C)c3)n2)cc1. The number of rotatable bonds is 5. The van der Waals surface area contributed by atoms with Crippen molar-refractivity contribution >= 4 is 11.8 Å². The molecule has 0 saturated heterocycles.